The van der Waals surface area contributed by atoms with E-state index in [4.69, 9.17) is 27.9 Å². The number of aryl methyl sites for hydroxylation is 1. The minimum absolute atomic E-state index is 0.0646. The monoisotopic (exact) mass is 509 g/mol. The number of halogens is 2. The summed E-state index contributed by atoms with van der Waals surface area (Å²) in [5.74, 6) is -0.150. The van der Waals surface area contributed by atoms with Crippen molar-refractivity contribution in [3.05, 3.63) is 93.5 Å². The molecule has 0 aliphatic carbocycles. The standard InChI is InChI=1S/C27H25Cl2N3O3/c1-2-18-6-9-22(10-7-18)32-16-21(14-26(32)33)27(34)31-30-15-19-4-3-5-23(12-19)35-17-20-8-11-24(28)25(29)13-20/h3-13,15,21H,2,14,16-17H2,1H3,(H,31,34)/b30-15+/t21-/m1/s1. The summed E-state index contributed by atoms with van der Waals surface area (Å²) in [6.07, 6.45) is 2.64. The maximum absolute atomic E-state index is 12.6. The molecule has 1 fully saturated rings. The first kappa shape index (κ1) is 24.8. The number of amides is 2. The normalized spacial score (nSPS) is 15.6. The Bertz CT molecular complexity index is 1240. The Morgan fingerprint density at radius 2 is 1.86 bits per heavy atom. The summed E-state index contributed by atoms with van der Waals surface area (Å²) in [7, 11) is 0. The highest BCUT2D eigenvalue weighted by atomic mass is 35.5. The van der Waals surface area contributed by atoms with Gasteiger partial charge in [0.2, 0.25) is 11.8 Å². The molecule has 1 aliphatic heterocycles. The Morgan fingerprint density at radius 1 is 1.09 bits per heavy atom. The molecule has 35 heavy (non-hydrogen) atoms. The highest BCUT2D eigenvalue weighted by Crippen LogP contribution is 2.26. The van der Waals surface area contributed by atoms with Crippen LogP contribution in [-0.4, -0.2) is 24.6 Å². The lowest BCUT2D eigenvalue weighted by Gasteiger charge is -2.16. The van der Waals surface area contributed by atoms with E-state index in [2.05, 4.69) is 17.5 Å². The van der Waals surface area contributed by atoms with Gasteiger partial charge in [0.05, 0.1) is 22.2 Å². The van der Waals surface area contributed by atoms with E-state index in [1.807, 2.05) is 54.6 Å². The van der Waals surface area contributed by atoms with Crippen molar-refractivity contribution >= 4 is 46.9 Å². The number of carbonyl (C=O) groups is 2. The second-order valence-electron chi connectivity index (χ2n) is 8.27. The first-order chi connectivity index (χ1) is 16.9. The molecule has 1 saturated heterocycles. The summed E-state index contributed by atoms with van der Waals surface area (Å²) >= 11 is 12.0. The molecule has 1 aliphatic rings. The quantitative estimate of drug-likeness (QED) is 0.315. The Balaban J connectivity index is 1.30. The third-order valence-corrected chi connectivity index (χ3v) is 6.53. The minimum atomic E-state index is -0.452. The number of rotatable bonds is 8. The fourth-order valence-electron chi connectivity index (χ4n) is 3.79. The smallest absolute Gasteiger partial charge is 0.245 e. The van der Waals surface area contributed by atoms with Crippen LogP contribution in [0, 0.1) is 5.92 Å². The van der Waals surface area contributed by atoms with E-state index in [0.29, 0.717) is 28.9 Å². The van der Waals surface area contributed by atoms with Crippen molar-refractivity contribution in [2.75, 3.05) is 11.4 Å². The van der Waals surface area contributed by atoms with Crippen molar-refractivity contribution in [1.82, 2.24) is 5.43 Å². The van der Waals surface area contributed by atoms with Crippen molar-refractivity contribution in [3.63, 3.8) is 0 Å². The average Bonchev–Trinajstić information content (AvgIpc) is 3.26. The van der Waals surface area contributed by atoms with Gasteiger partial charge in [0.25, 0.3) is 0 Å². The number of ether oxygens (including phenoxy) is 1. The Hall–Kier alpha value is -3.35. The maximum atomic E-state index is 12.6. The van der Waals surface area contributed by atoms with Gasteiger partial charge in [-0.1, -0.05) is 60.5 Å². The van der Waals surface area contributed by atoms with Gasteiger partial charge in [-0.3, -0.25) is 9.59 Å². The third-order valence-electron chi connectivity index (χ3n) is 5.79. The van der Waals surface area contributed by atoms with Crippen molar-refractivity contribution in [1.29, 1.82) is 0 Å². The number of carbonyl (C=O) groups excluding carboxylic acids is 2. The maximum Gasteiger partial charge on any atom is 0.245 e. The zero-order valence-electron chi connectivity index (χ0n) is 19.2. The van der Waals surface area contributed by atoms with E-state index in [1.165, 1.54) is 5.56 Å². The van der Waals surface area contributed by atoms with E-state index < -0.39 is 5.92 Å². The lowest BCUT2D eigenvalue weighted by Crippen LogP contribution is -2.30. The number of benzene rings is 3. The van der Waals surface area contributed by atoms with Crippen LogP contribution in [0.25, 0.3) is 0 Å². The van der Waals surface area contributed by atoms with E-state index in [1.54, 1.807) is 23.2 Å². The molecule has 3 aromatic carbocycles. The summed E-state index contributed by atoms with van der Waals surface area (Å²) in [4.78, 5) is 26.7. The zero-order chi connectivity index (χ0) is 24.8. The van der Waals surface area contributed by atoms with E-state index in [9.17, 15) is 9.59 Å². The van der Waals surface area contributed by atoms with Crippen LogP contribution in [-0.2, 0) is 22.6 Å². The van der Waals surface area contributed by atoms with E-state index in [0.717, 1.165) is 23.2 Å². The highest BCUT2D eigenvalue weighted by Gasteiger charge is 2.35. The first-order valence-corrected chi connectivity index (χ1v) is 12.1. The van der Waals surface area contributed by atoms with E-state index in [-0.39, 0.29) is 18.2 Å². The Labute approximate surface area is 214 Å². The van der Waals surface area contributed by atoms with Gasteiger partial charge >= 0.3 is 0 Å². The predicted molar refractivity (Wildman–Crippen MR) is 139 cm³/mol. The van der Waals surface area contributed by atoms with Crippen molar-refractivity contribution in [2.24, 2.45) is 11.0 Å². The van der Waals surface area contributed by atoms with Gasteiger partial charge in [0.1, 0.15) is 12.4 Å². The minimum Gasteiger partial charge on any atom is -0.489 e. The van der Waals surface area contributed by atoms with Crippen LogP contribution < -0.4 is 15.1 Å². The van der Waals surface area contributed by atoms with Crippen LogP contribution in [0.15, 0.2) is 71.8 Å². The van der Waals surface area contributed by atoms with Gasteiger partial charge in [0, 0.05) is 18.7 Å². The van der Waals surface area contributed by atoms with Gasteiger partial charge in [-0.05, 0) is 59.5 Å². The molecule has 0 unspecified atom stereocenters. The summed E-state index contributed by atoms with van der Waals surface area (Å²) in [5.41, 5.74) is 6.22. The van der Waals surface area contributed by atoms with Gasteiger partial charge in [-0.15, -0.1) is 0 Å². The largest absolute Gasteiger partial charge is 0.489 e. The molecule has 6 nitrogen and oxygen atoms in total. The molecule has 2 amide bonds. The molecule has 0 radical (unpaired) electrons. The molecule has 0 aromatic heterocycles. The van der Waals surface area contributed by atoms with Crippen molar-refractivity contribution < 1.29 is 14.3 Å². The summed E-state index contributed by atoms with van der Waals surface area (Å²) in [6, 6.07) is 20.5. The number of hydrazone groups is 1. The molecule has 8 heteroatoms. The third kappa shape index (κ3) is 6.41. The molecule has 1 atom stereocenters. The molecular formula is C27H25Cl2N3O3. The fraction of sp³-hybridized carbons (Fsp3) is 0.222. The van der Waals surface area contributed by atoms with Crippen molar-refractivity contribution in [3.8, 4) is 5.75 Å². The summed E-state index contributed by atoms with van der Waals surface area (Å²) < 4.78 is 5.82. The predicted octanol–water partition coefficient (Wildman–Crippen LogP) is 5.64. The first-order valence-electron chi connectivity index (χ1n) is 11.3. The molecule has 0 bridgehead atoms. The molecule has 0 spiro atoms. The molecule has 1 heterocycles. The van der Waals surface area contributed by atoms with Crippen LogP contribution in [0.4, 0.5) is 5.69 Å². The lowest BCUT2D eigenvalue weighted by atomic mass is 10.1. The van der Waals surface area contributed by atoms with Crippen LogP contribution in [0.1, 0.15) is 30.0 Å². The second kappa shape index (κ2) is 11.4. The van der Waals surface area contributed by atoms with E-state index >= 15 is 0 Å². The SMILES string of the molecule is CCc1ccc(N2C[C@H](C(=O)N/N=C/c3cccc(OCc4ccc(Cl)c(Cl)c4)c3)CC2=O)cc1. The summed E-state index contributed by atoms with van der Waals surface area (Å²) in [5, 5.41) is 5.04. The second-order valence-corrected chi connectivity index (χ2v) is 9.08. The number of nitrogens with zero attached hydrogens (tertiary/aromatic N) is 2. The average molecular weight is 510 g/mol. The topological polar surface area (TPSA) is 71.0 Å². The summed E-state index contributed by atoms with van der Waals surface area (Å²) in [6.45, 7) is 2.75. The molecule has 0 saturated carbocycles. The van der Waals surface area contributed by atoms with Crippen LogP contribution in [0.2, 0.25) is 10.0 Å². The van der Waals surface area contributed by atoms with Gasteiger partial charge in [0.15, 0.2) is 0 Å². The van der Waals surface area contributed by atoms with Gasteiger partial charge < -0.3 is 9.64 Å². The van der Waals surface area contributed by atoms with Crippen LogP contribution in [0.5, 0.6) is 5.75 Å². The number of hydrogen-bond donors (Lipinski definition) is 1. The van der Waals surface area contributed by atoms with Crippen LogP contribution in [0.3, 0.4) is 0 Å². The zero-order valence-corrected chi connectivity index (χ0v) is 20.7. The molecule has 1 N–H and O–H groups in total. The Kier molecular flexibility index (Phi) is 8.06. The Morgan fingerprint density at radius 3 is 2.60 bits per heavy atom. The highest BCUT2D eigenvalue weighted by molar-refractivity contribution is 6.42. The number of anilines is 1. The fourth-order valence-corrected chi connectivity index (χ4v) is 4.11. The van der Waals surface area contributed by atoms with Gasteiger partial charge in [-0.2, -0.15) is 5.10 Å². The van der Waals surface area contributed by atoms with Crippen molar-refractivity contribution in [2.45, 2.75) is 26.4 Å². The molecule has 4 rings (SSSR count). The number of hydrogen-bond acceptors (Lipinski definition) is 4. The molecular weight excluding hydrogens is 485 g/mol. The molecule has 180 valence electrons. The molecule has 3 aromatic rings. The number of nitrogens with one attached hydrogen (secondary N) is 1. The van der Waals surface area contributed by atoms with Gasteiger partial charge in [-0.25, -0.2) is 5.43 Å². The lowest BCUT2D eigenvalue weighted by molar-refractivity contribution is -0.126. The van der Waals surface area contributed by atoms with Crippen LogP contribution >= 0.6 is 23.2 Å².